The summed E-state index contributed by atoms with van der Waals surface area (Å²) in [5.41, 5.74) is 6.83. The Kier molecular flexibility index (Phi) is 3.61. The molecule has 3 heterocycles. The zero-order valence-electron chi connectivity index (χ0n) is 15.1. The van der Waals surface area contributed by atoms with Crippen LogP contribution in [0.5, 0.6) is 5.75 Å². The van der Waals surface area contributed by atoms with E-state index in [9.17, 15) is 10.0 Å². The minimum atomic E-state index is -0.156. The standard InChI is InChI=1S/C21H17N5O2/c1-11-8-12(6-7-17(11)27)20-14-9-22-21-19(14)18(16(10-23-28)25-26-21)13-4-2-3-5-15(13)24-20/h2-9,20,24,27H,10H2,1H3,(H,22,26). The summed E-state index contributed by atoms with van der Waals surface area (Å²) in [6.45, 7) is 1.84. The van der Waals surface area contributed by atoms with Gasteiger partial charge in [0.2, 0.25) is 0 Å². The molecule has 1 aliphatic rings. The largest absolute Gasteiger partial charge is 0.508 e. The third-order valence-electron chi connectivity index (χ3n) is 5.27. The third kappa shape index (κ3) is 2.36. The van der Waals surface area contributed by atoms with Crippen LogP contribution in [0.3, 0.4) is 0 Å². The van der Waals surface area contributed by atoms with E-state index in [1.54, 1.807) is 6.07 Å². The number of nitrogens with one attached hydrogen (secondary N) is 2. The van der Waals surface area contributed by atoms with Gasteiger partial charge in [0.05, 0.1) is 11.7 Å². The number of aromatic hydroxyl groups is 1. The second kappa shape index (κ2) is 6.16. The average molecular weight is 371 g/mol. The summed E-state index contributed by atoms with van der Waals surface area (Å²) in [5.74, 6) is 0.266. The molecule has 0 aliphatic carbocycles. The molecule has 4 aromatic rings. The van der Waals surface area contributed by atoms with Gasteiger partial charge < -0.3 is 15.4 Å². The van der Waals surface area contributed by atoms with Crippen molar-refractivity contribution in [2.24, 2.45) is 5.18 Å². The molecule has 0 bridgehead atoms. The molecule has 1 unspecified atom stereocenters. The number of hydrogen-bond donors (Lipinski definition) is 3. The topological polar surface area (TPSA) is 103 Å². The fourth-order valence-corrected chi connectivity index (χ4v) is 3.94. The van der Waals surface area contributed by atoms with Crippen LogP contribution in [-0.4, -0.2) is 20.3 Å². The van der Waals surface area contributed by atoms with Crippen molar-refractivity contribution in [3.8, 4) is 16.9 Å². The van der Waals surface area contributed by atoms with Crippen molar-refractivity contribution in [2.45, 2.75) is 19.5 Å². The summed E-state index contributed by atoms with van der Waals surface area (Å²) < 4.78 is 0. The third-order valence-corrected chi connectivity index (χ3v) is 5.27. The van der Waals surface area contributed by atoms with Gasteiger partial charge in [0.25, 0.3) is 0 Å². The highest BCUT2D eigenvalue weighted by Crippen LogP contribution is 2.44. The van der Waals surface area contributed by atoms with Crippen LogP contribution in [0.25, 0.3) is 22.2 Å². The average Bonchev–Trinajstić information content (AvgIpc) is 3.06. The number of fused-ring (bicyclic) bond motifs is 2. The van der Waals surface area contributed by atoms with Crippen LogP contribution in [0.1, 0.15) is 28.4 Å². The number of hydrogen-bond acceptors (Lipinski definition) is 6. The van der Waals surface area contributed by atoms with Crippen molar-refractivity contribution < 1.29 is 5.11 Å². The minimum Gasteiger partial charge on any atom is -0.508 e. The van der Waals surface area contributed by atoms with E-state index in [1.165, 1.54) is 0 Å². The fraction of sp³-hybridized carbons (Fsp3) is 0.143. The first-order valence-corrected chi connectivity index (χ1v) is 8.98. The predicted molar refractivity (Wildman–Crippen MR) is 107 cm³/mol. The SMILES string of the molecule is Cc1cc(C2Nc3ccccc3-c3c(CN=O)nnc4[nH]cc2c34)ccc1O. The van der Waals surface area contributed by atoms with E-state index in [4.69, 9.17) is 0 Å². The highest BCUT2D eigenvalue weighted by Gasteiger charge is 2.28. The summed E-state index contributed by atoms with van der Waals surface area (Å²) in [6.07, 6.45) is 1.92. The number of aryl methyl sites for hydroxylation is 1. The van der Waals surface area contributed by atoms with Crippen molar-refractivity contribution in [1.82, 2.24) is 15.2 Å². The van der Waals surface area contributed by atoms with Crippen LogP contribution in [-0.2, 0) is 6.54 Å². The molecule has 1 aliphatic heterocycles. The highest BCUT2D eigenvalue weighted by molar-refractivity contribution is 6.02. The second-order valence-electron chi connectivity index (χ2n) is 6.95. The lowest BCUT2D eigenvalue weighted by molar-refractivity contribution is 0.471. The molecule has 0 saturated carbocycles. The minimum absolute atomic E-state index is 0.0415. The Labute approximate surface area is 160 Å². The maximum Gasteiger partial charge on any atom is 0.160 e. The van der Waals surface area contributed by atoms with Gasteiger partial charge in [-0.15, -0.1) is 5.10 Å². The lowest BCUT2D eigenvalue weighted by atomic mass is 9.95. The van der Waals surface area contributed by atoms with E-state index in [1.807, 2.05) is 49.5 Å². The van der Waals surface area contributed by atoms with Gasteiger partial charge in [0.1, 0.15) is 12.3 Å². The number of phenols is 1. The van der Waals surface area contributed by atoms with Crippen molar-refractivity contribution in [3.63, 3.8) is 0 Å². The number of para-hydroxylation sites is 1. The molecule has 2 aromatic carbocycles. The number of phenolic OH excluding ortho intramolecular Hbond substituents is 1. The molecule has 7 nitrogen and oxygen atoms in total. The number of nitrogens with zero attached hydrogens (tertiary/aromatic N) is 3. The summed E-state index contributed by atoms with van der Waals surface area (Å²) in [5, 5.41) is 26.0. The number of benzene rings is 2. The number of anilines is 1. The maximum atomic E-state index is 11.0. The highest BCUT2D eigenvalue weighted by atomic mass is 16.3. The number of aromatic amines is 1. The summed E-state index contributed by atoms with van der Waals surface area (Å²) in [4.78, 5) is 14.2. The molecule has 0 fully saturated rings. The van der Waals surface area contributed by atoms with Crippen LogP contribution in [0.2, 0.25) is 0 Å². The Bertz CT molecular complexity index is 1230. The molecule has 0 amide bonds. The lowest BCUT2D eigenvalue weighted by Crippen LogP contribution is -2.11. The van der Waals surface area contributed by atoms with E-state index < -0.39 is 0 Å². The van der Waals surface area contributed by atoms with Crippen molar-refractivity contribution in [2.75, 3.05) is 5.32 Å². The first kappa shape index (κ1) is 16.4. The number of rotatable bonds is 3. The van der Waals surface area contributed by atoms with E-state index in [0.29, 0.717) is 11.3 Å². The number of nitroso groups, excluding NO2 is 1. The Balaban J connectivity index is 1.85. The summed E-state index contributed by atoms with van der Waals surface area (Å²) in [7, 11) is 0. The van der Waals surface area contributed by atoms with Crippen LogP contribution in [0, 0.1) is 11.8 Å². The van der Waals surface area contributed by atoms with Gasteiger partial charge in [-0.3, -0.25) is 0 Å². The molecule has 1 atom stereocenters. The normalized spacial score (nSPS) is 15.0. The lowest BCUT2D eigenvalue weighted by Gasteiger charge is -2.20. The van der Waals surface area contributed by atoms with Gasteiger partial charge >= 0.3 is 0 Å². The van der Waals surface area contributed by atoms with Gasteiger partial charge in [0.15, 0.2) is 5.65 Å². The van der Waals surface area contributed by atoms with Crippen LogP contribution < -0.4 is 5.32 Å². The summed E-state index contributed by atoms with van der Waals surface area (Å²) >= 11 is 0. The summed E-state index contributed by atoms with van der Waals surface area (Å²) in [6, 6.07) is 13.4. The number of H-pyrrole nitrogens is 1. The molecule has 0 saturated heterocycles. The molecule has 5 rings (SSSR count). The quantitative estimate of drug-likeness (QED) is 0.463. The molecule has 0 radical (unpaired) electrons. The molecular weight excluding hydrogens is 354 g/mol. The van der Waals surface area contributed by atoms with Crippen molar-refractivity contribution >= 4 is 16.7 Å². The van der Waals surface area contributed by atoms with Crippen molar-refractivity contribution in [1.29, 1.82) is 0 Å². The maximum absolute atomic E-state index is 11.0. The molecule has 0 spiro atoms. The van der Waals surface area contributed by atoms with E-state index >= 15 is 0 Å². The second-order valence-corrected chi connectivity index (χ2v) is 6.95. The molecule has 7 heteroatoms. The van der Waals surface area contributed by atoms with E-state index in [0.717, 1.165) is 38.9 Å². The predicted octanol–water partition coefficient (Wildman–Crippen LogP) is 4.42. The molecule has 138 valence electrons. The van der Waals surface area contributed by atoms with Crippen LogP contribution in [0.15, 0.2) is 53.8 Å². The molecule has 3 N–H and O–H groups in total. The Morgan fingerprint density at radius 2 is 2.04 bits per heavy atom. The zero-order chi connectivity index (χ0) is 19.3. The molecule has 28 heavy (non-hydrogen) atoms. The first-order chi connectivity index (χ1) is 13.7. The number of aromatic nitrogens is 3. The van der Waals surface area contributed by atoms with E-state index in [-0.39, 0.29) is 18.3 Å². The fourth-order valence-electron chi connectivity index (χ4n) is 3.94. The Morgan fingerprint density at radius 3 is 2.86 bits per heavy atom. The molecule has 2 aromatic heterocycles. The Hall–Kier alpha value is -3.74. The van der Waals surface area contributed by atoms with Crippen LogP contribution >= 0.6 is 0 Å². The van der Waals surface area contributed by atoms with Gasteiger partial charge in [-0.1, -0.05) is 29.4 Å². The monoisotopic (exact) mass is 371 g/mol. The smallest absolute Gasteiger partial charge is 0.160 e. The first-order valence-electron chi connectivity index (χ1n) is 8.98. The van der Waals surface area contributed by atoms with Gasteiger partial charge in [0, 0.05) is 34.0 Å². The van der Waals surface area contributed by atoms with E-state index in [2.05, 4.69) is 25.7 Å². The Morgan fingerprint density at radius 1 is 1.18 bits per heavy atom. The zero-order valence-corrected chi connectivity index (χ0v) is 15.1. The van der Waals surface area contributed by atoms with Crippen molar-refractivity contribution in [3.05, 3.63) is 76.0 Å². The molecular formula is C21H17N5O2. The van der Waals surface area contributed by atoms with Gasteiger partial charge in [-0.05, 0) is 36.2 Å². The van der Waals surface area contributed by atoms with Gasteiger partial charge in [-0.25, -0.2) is 0 Å². The van der Waals surface area contributed by atoms with Crippen LogP contribution in [0.4, 0.5) is 5.69 Å². The van der Waals surface area contributed by atoms with Gasteiger partial charge in [-0.2, -0.15) is 10.0 Å².